The molecule has 7 heteroatoms. The Kier molecular flexibility index (Phi) is 5.32. The topological polar surface area (TPSA) is 79.6 Å². The standard InChI is InChI=1S/C17H22N4O3/c1-13-12-21(6-8-23-13)16-5-4-14(9-18-16)10-19-17(22)20-11-15-3-2-7-24-15/h2-5,7,9,13H,6,8,10-12H2,1H3,(H2,19,20,22)/t13-/m1/s1. The van der Waals surface area contributed by atoms with E-state index in [1.165, 1.54) is 0 Å². The second kappa shape index (κ2) is 7.83. The van der Waals surface area contributed by atoms with Crippen LogP contribution in [0.2, 0.25) is 0 Å². The maximum atomic E-state index is 11.8. The lowest BCUT2D eigenvalue weighted by molar-refractivity contribution is 0.0529. The Morgan fingerprint density at radius 3 is 2.92 bits per heavy atom. The van der Waals surface area contributed by atoms with Crippen molar-refractivity contribution in [2.45, 2.75) is 26.1 Å². The largest absolute Gasteiger partial charge is 0.467 e. The number of amides is 2. The molecule has 0 radical (unpaired) electrons. The SMILES string of the molecule is C[C@@H]1CN(c2ccc(CNC(=O)NCc3ccco3)cn2)CCO1. The van der Waals surface area contributed by atoms with E-state index in [1.807, 2.05) is 18.2 Å². The van der Waals surface area contributed by atoms with Gasteiger partial charge in [-0.15, -0.1) is 0 Å². The second-order valence-electron chi connectivity index (χ2n) is 5.77. The highest BCUT2D eigenvalue weighted by molar-refractivity contribution is 5.73. The number of hydrogen-bond donors (Lipinski definition) is 2. The number of aromatic nitrogens is 1. The average Bonchev–Trinajstić information content (AvgIpc) is 3.12. The molecule has 128 valence electrons. The molecular formula is C17H22N4O3. The summed E-state index contributed by atoms with van der Waals surface area (Å²) in [6.45, 7) is 5.28. The van der Waals surface area contributed by atoms with E-state index in [1.54, 1.807) is 18.5 Å². The molecule has 0 aliphatic carbocycles. The van der Waals surface area contributed by atoms with Crippen molar-refractivity contribution in [3.8, 4) is 0 Å². The number of morpholine rings is 1. The van der Waals surface area contributed by atoms with E-state index in [2.05, 4.69) is 27.4 Å². The Morgan fingerprint density at radius 1 is 1.33 bits per heavy atom. The van der Waals surface area contributed by atoms with E-state index in [-0.39, 0.29) is 12.1 Å². The summed E-state index contributed by atoms with van der Waals surface area (Å²) in [4.78, 5) is 18.5. The Hall–Kier alpha value is -2.54. The number of nitrogens with one attached hydrogen (secondary N) is 2. The fourth-order valence-corrected chi connectivity index (χ4v) is 2.56. The minimum atomic E-state index is -0.238. The summed E-state index contributed by atoms with van der Waals surface area (Å²) in [7, 11) is 0. The van der Waals surface area contributed by atoms with Crippen molar-refractivity contribution >= 4 is 11.8 Å². The molecule has 2 amide bonds. The van der Waals surface area contributed by atoms with Crippen LogP contribution in [0.5, 0.6) is 0 Å². The molecule has 1 aliphatic heterocycles. The summed E-state index contributed by atoms with van der Waals surface area (Å²) >= 11 is 0. The minimum Gasteiger partial charge on any atom is -0.467 e. The van der Waals surface area contributed by atoms with Crippen molar-refractivity contribution in [3.63, 3.8) is 0 Å². The Balaban J connectivity index is 1.44. The third-order valence-corrected chi connectivity index (χ3v) is 3.83. The fraction of sp³-hybridized carbons (Fsp3) is 0.412. The maximum absolute atomic E-state index is 11.8. The van der Waals surface area contributed by atoms with Crippen LogP contribution in [0.25, 0.3) is 0 Å². The Bertz CT molecular complexity index is 642. The quantitative estimate of drug-likeness (QED) is 0.875. The van der Waals surface area contributed by atoms with Crippen LogP contribution < -0.4 is 15.5 Å². The molecule has 2 N–H and O–H groups in total. The lowest BCUT2D eigenvalue weighted by atomic mass is 10.2. The van der Waals surface area contributed by atoms with E-state index < -0.39 is 0 Å². The first-order chi connectivity index (χ1) is 11.7. The molecular weight excluding hydrogens is 308 g/mol. The molecule has 1 atom stereocenters. The van der Waals surface area contributed by atoms with E-state index in [0.29, 0.717) is 13.1 Å². The van der Waals surface area contributed by atoms with Crippen molar-refractivity contribution in [1.82, 2.24) is 15.6 Å². The van der Waals surface area contributed by atoms with Gasteiger partial charge in [-0.25, -0.2) is 9.78 Å². The van der Waals surface area contributed by atoms with E-state index >= 15 is 0 Å². The van der Waals surface area contributed by atoms with Gasteiger partial charge < -0.3 is 24.7 Å². The molecule has 2 aromatic heterocycles. The molecule has 1 saturated heterocycles. The van der Waals surface area contributed by atoms with Crippen LogP contribution in [0, 0.1) is 0 Å². The highest BCUT2D eigenvalue weighted by Crippen LogP contribution is 2.15. The van der Waals surface area contributed by atoms with Crippen LogP contribution in [0.1, 0.15) is 18.2 Å². The van der Waals surface area contributed by atoms with Gasteiger partial charge in [-0.2, -0.15) is 0 Å². The predicted molar refractivity (Wildman–Crippen MR) is 89.6 cm³/mol. The van der Waals surface area contributed by atoms with Gasteiger partial charge in [0, 0.05) is 25.8 Å². The number of hydrogen-bond acceptors (Lipinski definition) is 5. The number of carbonyl (C=O) groups is 1. The zero-order valence-electron chi connectivity index (χ0n) is 13.7. The minimum absolute atomic E-state index is 0.222. The molecule has 0 bridgehead atoms. The normalized spacial score (nSPS) is 17.5. The molecule has 0 unspecified atom stereocenters. The van der Waals surface area contributed by atoms with Gasteiger partial charge in [0.15, 0.2) is 0 Å². The Morgan fingerprint density at radius 2 is 2.21 bits per heavy atom. The summed E-state index contributed by atoms with van der Waals surface area (Å²) in [6.07, 6.45) is 3.60. The summed E-state index contributed by atoms with van der Waals surface area (Å²) in [5, 5.41) is 5.54. The first-order valence-electron chi connectivity index (χ1n) is 8.06. The molecule has 7 nitrogen and oxygen atoms in total. The summed E-state index contributed by atoms with van der Waals surface area (Å²) in [5.41, 5.74) is 0.952. The van der Waals surface area contributed by atoms with Crippen LogP contribution in [0.4, 0.5) is 10.6 Å². The predicted octanol–water partition coefficient (Wildman–Crippen LogP) is 1.90. The molecule has 3 rings (SSSR count). The van der Waals surface area contributed by atoms with Gasteiger partial charge in [0.05, 0.1) is 25.5 Å². The van der Waals surface area contributed by atoms with Gasteiger partial charge >= 0.3 is 6.03 Å². The molecule has 0 saturated carbocycles. The molecule has 0 aromatic carbocycles. The van der Waals surface area contributed by atoms with Crippen LogP contribution in [-0.4, -0.2) is 36.8 Å². The van der Waals surface area contributed by atoms with Crippen LogP contribution >= 0.6 is 0 Å². The second-order valence-corrected chi connectivity index (χ2v) is 5.77. The fourth-order valence-electron chi connectivity index (χ4n) is 2.56. The van der Waals surface area contributed by atoms with Crippen molar-refractivity contribution in [1.29, 1.82) is 0 Å². The molecule has 1 aliphatic rings. The van der Waals surface area contributed by atoms with Crippen molar-refractivity contribution in [2.75, 3.05) is 24.6 Å². The molecule has 24 heavy (non-hydrogen) atoms. The lowest BCUT2D eigenvalue weighted by Crippen LogP contribution is -2.41. The van der Waals surface area contributed by atoms with Gasteiger partial charge in [0.25, 0.3) is 0 Å². The number of anilines is 1. The Labute approximate surface area is 141 Å². The number of rotatable bonds is 5. The van der Waals surface area contributed by atoms with Gasteiger partial charge in [-0.3, -0.25) is 0 Å². The van der Waals surface area contributed by atoms with Crippen molar-refractivity contribution in [3.05, 3.63) is 48.0 Å². The molecule has 0 spiro atoms. The van der Waals surface area contributed by atoms with Crippen LogP contribution in [0.15, 0.2) is 41.1 Å². The first-order valence-corrected chi connectivity index (χ1v) is 8.06. The number of pyridine rings is 1. The molecule has 1 fully saturated rings. The average molecular weight is 330 g/mol. The number of furan rings is 1. The molecule has 2 aromatic rings. The summed E-state index contributed by atoms with van der Waals surface area (Å²) < 4.78 is 10.7. The first kappa shape index (κ1) is 16.3. The van der Waals surface area contributed by atoms with Crippen LogP contribution in [-0.2, 0) is 17.8 Å². The lowest BCUT2D eigenvalue weighted by Gasteiger charge is -2.32. The number of carbonyl (C=O) groups excluding carboxylic acids is 1. The molecule has 3 heterocycles. The van der Waals surface area contributed by atoms with Crippen molar-refractivity contribution in [2.24, 2.45) is 0 Å². The summed E-state index contributed by atoms with van der Waals surface area (Å²) in [5.74, 6) is 1.66. The maximum Gasteiger partial charge on any atom is 0.315 e. The third-order valence-electron chi connectivity index (χ3n) is 3.83. The van der Waals surface area contributed by atoms with Gasteiger partial charge in [-0.1, -0.05) is 6.07 Å². The highest BCUT2D eigenvalue weighted by atomic mass is 16.5. The van der Waals surface area contributed by atoms with Gasteiger partial charge in [-0.05, 0) is 30.7 Å². The monoisotopic (exact) mass is 330 g/mol. The number of ether oxygens (including phenoxy) is 1. The zero-order valence-corrected chi connectivity index (χ0v) is 13.7. The van der Waals surface area contributed by atoms with E-state index in [0.717, 1.165) is 36.8 Å². The van der Waals surface area contributed by atoms with Crippen molar-refractivity contribution < 1.29 is 13.9 Å². The smallest absolute Gasteiger partial charge is 0.315 e. The highest BCUT2D eigenvalue weighted by Gasteiger charge is 2.17. The van der Waals surface area contributed by atoms with Gasteiger partial charge in [0.1, 0.15) is 11.6 Å². The van der Waals surface area contributed by atoms with Gasteiger partial charge in [0.2, 0.25) is 0 Å². The number of nitrogens with zero attached hydrogens (tertiary/aromatic N) is 2. The zero-order chi connectivity index (χ0) is 16.8. The van der Waals surface area contributed by atoms with Crippen LogP contribution in [0.3, 0.4) is 0 Å². The van der Waals surface area contributed by atoms with E-state index in [4.69, 9.17) is 9.15 Å². The summed E-state index contributed by atoms with van der Waals surface area (Å²) in [6, 6.07) is 7.33. The number of urea groups is 1. The van der Waals surface area contributed by atoms with E-state index in [9.17, 15) is 4.79 Å². The third kappa shape index (κ3) is 4.48.